The highest BCUT2D eigenvalue weighted by Gasteiger charge is 2.37. The average molecular weight is 595 g/mol. The molecule has 3 rings (SSSR count). The molecule has 0 N–H and O–H groups in total. The summed E-state index contributed by atoms with van der Waals surface area (Å²) in [6.45, 7) is 2.99. The van der Waals surface area contributed by atoms with Gasteiger partial charge in [-0.3, -0.25) is 4.79 Å². The first-order valence-corrected chi connectivity index (χ1v) is 14.1. The quantitative estimate of drug-likeness (QED) is 0.0762. The van der Waals surface area contributed by atoms with Crippen LogP contribution in [0.2, 0.25) is 0 Å². The summed E-state index contributed by atoms with van der Waals surface area (Å²) in [6, 6.07) is 0. The molecule has 0 aromatic heterocycles. The molecule has 3 nitrogen and oxygen atoms in total. The third-order valence-corrected chi connectivity index (χ3v) is 7.58. The van der Waals surface area contributed by atoms with Crippen LogP contribution in [0, 0.1) is 58.4 Å². The summed E-state index contributed by atoms with van der Waals surface area (Å²) in [4.78, 5) is 12.6. The van der Waals surface area contributed by atoms with Crippen molar-refractivity contribution in [3.8, 4) is 22.6 Å². The SMILES string of the molecule is CCCCCCCCC[C@H]1CC[C@H](C(=O)Oc2c(F)c(F)c(-c3c(F)c(F)c(OCC)c(F)c3F)c(F)c2F)CC1. The van der Waals surface area contributed by atoms with Crippen LogP contribution in [-0.2, 0) is 4.79 Å². The van der Waals surface area contributed by atoms with Gasteiger partial charge in [0.05, 0.1) is 23.7 Å². The number of ether oxygens (including phenoxy) is 2. The van der Waals surface area contributed by atoms with Gasteiger partial charge in [-0.05, 0) is 38.5 Å². The lowest BCUT2D eigenvalue weighted by Gasteiger charge is -2.27. The van der Waals surface area contributed by atoms with Crippen LogP contribution >= 0.6 is 0 Å². The molecular weight excluding hydrogens is 560 g/mol. The Morgan fingerprint density at radius 2 is 1.05 bits per heavy atom. The molecule has 1 aliphatic rings. The second-order valence-corrected chi connectivity index (χ2v) is 10.4. The van der Waals surface area contributed by atoms with Crippen LogP contribution < -0.4 is 9.47 Å². The Morgan fingerprint density at radius 3 is 1.51 bits per heavy atom. The average Bonchev–Trinajstić information content (AvgIpc) is 2.97. The van der Waals surface area contributed by atoms with Gasteiger partial charge < -0.3 is 9.47 Å². The Balaban J connectivity index is 1.72. The predicted molar refractivity (Wildman–Crippen MR) is 136 cm³/mol. The van der Waals surface area contributed by atoms with E-state index in [1.165, 1.54) is 39.0 Å². The monoisotopic (exact) mass is 594 g/mol. The van der Waals surface area contributed by atoms with Crippen molar-refractivity contribution in [2.24, 2.45) is 11.8 Å². The van der Waals surface area contributed by atoms with Crippen LogP contribution in [0.3, 0.4) is 0 Å². The van der Waals surface area contributed by atoms with E-state index < -0.39 is 87.7 Å². The minimum Gasteiger partial charge on any atom is -0.488 e. The molecule has 0 saturated heterocycles. The van der Waals surface area contributed by atoms with Crippen LogP contribution in [0.5, 0.6) is 11.5 Å². The summed E-state index contributed by atoms with van der Waals surface area (Å²) in [5.74, 6) is -23.1. The topological polar surface area (TPSA) is 35.5 Å². The maximum atomic E-state index is 14.9. The molecule has 0 aliphatic heterocycles. The third-order valence-electron chi connectivity index (χ3n) is 7.58. The molecule has 0 radical (unpaired) electrons. The molecule has 0 atom stereocenters. The zero-order valence-electron chi connectivity index (χ0n) is 23.1. The van der Waals surface area contributed by atoms with Crippen molar-refractivity contribution in [2.75, 3.05) is 6.61 Å². The first-order valence-electron chi connectivity index (χ1n) is 14.1. The lowest BCUT2D eigenvalue weighted by molar-refractivity contribution is -0.140. The van der Waals surface area contributed by atoms with E-state index in [0.717, 1.165) is 19.3 Å². The van der Waals surface area contributed by atoms with Crippen molar-refractivity contribution in [3.63, 3.8) is 0 Å². The Bertz CT molecular complexity index is 1170. The molecule has 1 aliphatic carbocycles. The normalized spacial score (nSPS) is 17.1. The lowest BCUT2D eigenvalue weighted by Crippen LogP contribution is -2.26. The number of benzene rings is 2. The molecule has 0 heterocycles. The van der Waals surface area contributed by atoms with E-state index in [-0.39, 0.29) is 0 Å². The fourth-order valence-electron chi connectivity index (χ4n) is 5.28. The number of hydrogen-bond donors (Lipinski definition) is 0. The van der Waals surface area contributed by atoms with Crippen LogP contribution in [0.15, 0.2) is 0 Å². The Kier molecular flexibility index (Phi) is 11.8. The zero-order valence-corrected chi connectivity index (χ0v) is 23.1. The van der Waals surface area contributed by atoms with Gasteiger partial charge in [-0.25, -0.2) is 17.6 Å². The van der Waals surface area contributed by atoms with E-state index in [1.54, 1.807) is 0 Å². The molecule has 0 spiro atoms. The molecule has 1 saturated carbocycles. The van der Waals surface area contributed by atoms with Gasteiger partial charge in [0, 0.05) is 0 Å². The second-order valence-electron chi connectivity index (χ2n) is 10.4. The van der Waals surface area contributed by atoms with E-state index in [0.29, 0.717) is 31.6 Å². The van der Waals surface area contributed by atoms with Crippen molar-refractivity contribution >= 4 is 5.97 Å². The molecule has 228 valence electrons. The van der Waals surface area contributed by atoms with E-state index in [1.807, 2.05) is 0 Å². The van der Waals surface area contributed by atoms with E-state index in [4.69, 9.17) is 0 Å². The molecule has 0 unspecified atom stereocenters. The molecule has 41 heavy (non-hydrogen) atoms. The number of unbranched alkanes of at least 4 members (excludes halogenated alkanes) is 6. The minimum atomic E-state index is -2.40. The van der Waals surface area contributed by atoms with Crippen LogP contribution in [0.4, 0.5) is 35.1 Å². The van der Waals surface area contributed by atoms with E-state index in [2.05, 4.69) is 16.4 Å². The first-order chi connectivity index (χ1) is 19.5. The number of rotatable bonds is 13. The second kappa shape index (κ2) is 14.9. The molecule has 1 fully saturated rings. The molecule has 11 heteroatoms. The molecule has 2 aromatic carbocycles. The molecule has 2 aromatic rings. The van der Waals surface area contributed by atoms with Crippen molar-refractivity contribution in [2.45, 2.75) is 90.9 Å². The fraction of sp³-hybridized carbons (Fsp3) is 0.567. The largest absolute Gasteiger partial charge is 0.488 e. The van der Waals surface area contributed by atoms with Crippen LogP contribution in [-0.4, -0.2) is 12.6 Å². The number of carbonyl (C=O) groups is 1. The van der Waals surface area contributed by atoms with Crippen molar-refractivity contribution in [1.82, 2.24) is 0 Å². The van der Waals surface area contributed by atoms with Gasteiger partial charge in [0.2, 0.25) is 29.0 Å². The smallest absolute Gasteiger partial charge is 0.314 e. The zero-order chi connectivity index (χ0) is 30.3. The van der Waals surface area contributed by atoms with Crippen molar-refractivity contribution in [3.05, 3.63) is 46.5 Å². The summed E-state index contributed by atoms with van der Waals surface area (Å²) in [5, 5.41) is 0. The van der Waals surface area contributed by atoms with Gasteiger partial charge >= 0.3 is 5.97 Å². The van der Waals surface area contributed by atoms with Gasteiger partial charge in [-0.15, -0.1) is 0 Å². The predicted octanol–water partition coefficient (Wildman–Crippen LogP) is 9.72. The Labute approximate surface area is 234 Å². The highest BCUT2D eigenvalue weighted by atomic mass is 19.2. The highest BCUT2D eigenvalue weighted by Crippen LogP contribution is 2.42. The Morgan fingerprint density at radius 1 is 0.610 bits per heavy atom. The summed E-state index contributed by atoms with van der Waals surface area (Å²) in [6.07, 6.45) is 11.3. The van der Waals surface area contributed by atoms with Gasteiger partial charge in [-0.1, -0.05) is 58.3 Å². The third kappa shape index (κ3) is 7.33. The van der Waals surface area contributed by atoms with Crippen LogP contribution in [0.1, 0.15) is 90.9 Å². The molecular formula is C30H34F8O3. The highest BCUT2D eigenvalue weighted by molar-refractivity contribution is 5.76. The lowest BCUT2D eigenvalue weighted by atomic mass is 9.79. The van der Waals surface area contributed by atoms with Crippen molar-refractivity contribution in [1.29, 1.82) is 0 Å². The minimum absolute atomic E-state index is 0.355. The summed E-state index contributed by atoms with van der Waals surface area (Å²) < 4.78 is 126. The van der Waals surface area contributed by atoms with Gasteiger partial charge in [0.1, 0.15) is 0 Å². The number of esters is 1. The summed E-state index contributed by atoms with van der Waals surface area (Å²) >= 11 is 0. The van der Waals surface area contributed by atoms with Crippen molar-refractivity contribution < 1.29 is 49.4 Å². The van der Waals surface area contributed by atoms with Gasteiger partial charge in [0.15, 0.2) is 29.0 Å². The number of halogens is 8. The van der Waals surface area contributed by atoms with Crippen LogP contribution in [0.25, 0.3) is 11.1 Å². The maximum Gasteiger partial charge on any atom is 0.314 e. The number of hydrogen-bond acceptors (Lipinski definition) is 3. The standard InChI is InChI=1S/C30H34F8O3/c1-3-5-6-7-8-9-10-11-16-12-14-17(15-13-16)30(39)41-29-26(37)22(33)19(23(34)27(29)38)18-20(31)24(35)28(40-4-2)25(36)21(18)32/h16-17H,3-15H2,1-2H3/t16-,17-. The Hall–Kier alpha value is -2.85. The first kappa shape index (κ1) is 32.7. The summed E-state index contributed by atoms with van der Waals surface area (Å²) in [7, 11) is 0. The number of carbonyl (C=O) groups excluding carboxylic acids is 1. The molecule has 0 amide bonds. The van der Waals surface area contributed by atoms with E-state index in [9.17, 15) is 39.9 Å². The molecule has 0 bridgehead atoms. The van der Waals surface area contributed by atoms with Gasteiger partial charge in [-0.2, -0.15) is 17.6 Å². The van der Waals surface area contributed by atoms with Gasteiger partial charge in [0.25, 0.3) is 0 Å². The fourth-order valence-corrected chi connectivity index (χ4v) is 5.28. The maximum absolute atomic E-state index is 14.9. The van der Waals surface area contributed by atoms with E-state index >= 15 is 0 Å². The summed E-state index contributed by atoms with van der Waals surface area (Å²) in [5.41, 5.74) is -4.06.